The molecule has 6 heteroatoms. The Morgan fingerprint density at radius 3 is 2.62 bits per heavy atom. The van der Waals surface area contributed by atoms with Gasteiger partial charge in [-0.05, 0) is 19.9 Å². The van der Waals surface area contributed by atoms with E-state index in [0.717, 1.165) is 11.4 Å². The molecule has 0 aromatic carbocycles. The van der Waals surface area contributed by atoms with Crippen LogP contribution >= 0.6 is 11.6 Å². The van der Waals surface area contributed by atoms with E-state index in [0.29, 0.717) is 18.4 Å². The number of hydrogen-bond acceptors (Lipinski definition) is 4. The van der Waals surface area contributed by atoms with Gasteiger partial charge in [0.05, 0.1) is 12.4 Å². The number of amidine groups is 1. The SMILES string of the molecule is Cc1cc(C)nc(N2C[C@H](CCl)OC2=N)n1. The molecule has 1 aliphatic rings. The zero-order valence-electron chi connectivity index (χ0n) is 9.20. The fraction of sp³-hybridized carbons (Fsp3) is 0.500. The van der Waals surface area contributed by atoms with Crippen LogP contribution in [-0.4, -0.2) is 34.5 Å². The molecule has 0 amide bonds. The normalized spacial score (nSPS) is 20.1. The van der Waals surface area contributed by atoms with Crippen molar-refractivity contribution in [2.45, 2.75) is 20.0 Å². The van der Waals surface area contributed by atoms with Crippen molar-refractivity contribution in [1.82, 2.24) is 9.97 Å². The molecule has 1 N–H and O–H groups in total. The van der Waals surface area contributed by atoms with E-state index < -0.39 is 0 Å². The van der Waals surface area contributed by atoms with Crippen molar-refractivity contribution < 1.29 is 4.74 Å². The van der Waals surface area contributed by atoms with Gasteiger partial charge in [-0.15, -0.1) is 11.6 Å². The highest BCUT2D eigenvalue weighted by Gasteiger charge is 2.30. The molecular formula is C10H13ClN4O. The van der Waals surface area contributed by atoms with Crippen molar-refractivity contribution in [3.63, 3.8) is 0 Å². The molecule has 86 valence electrons. The standard InChI is InChI=1S/C10H13ClN4O/c1-6-3-7(2)14-10(13-6)15-5-8(4-11)16-9(15)12/h3,8,12H,4-5H2,1-2H3/t8-/m0/s1. The minimum Gasteiger partial charge on any atom is -0.459 e. The van der Waals surface area contributed by atoms with Gasteiger partial charge in [0.1, 0.15) is 6.10 Å². The van der Waals surface area contributed by atoms with Crippen LogP contribution < -0.4 is 4.90 Å². The maximum atomic E-state index is 7.68. The van der Waals surface area contributed by atoms with Crippen molar-refractivity contribution >= 4 is 23.6 Å². The Hall–Kier alpha value is -1.36. The van der Waals surface area contributed by atoms with E-state index in [9.17, 15) is 0 Å². The van der Waals surface area contributed by atoms with E-state index in [1.165, 1.54) is 0 Å². The smallest absolute Gasteiger partial charge is 0.291 e. The Bertz CT molecular complexity index is 403. The number of aromatic nitrogens is 2. The number of nitrogens with zero attached hydrogens (tertiary/aromatic N) is 3. The van der Waals surface area contributed by atoms with E-state index in [-0.39, 0.29) is 12.1 Å². The number of rotatable bonds is 2. The van der Waals surface area contributed by atoms with E-state index in [1.807, 2.05) is 19.9 Å². The maximum Gasteiger partial charge on any atom is 0.291 e. The molecule has 1 aromatic heterocycles. The van der Waals surface area contributed by atoms with Gasteiger partial charge in [0, 0.05) is 11.4 Å². The van der Waals surface area contributed by atoms with Gasteiger partial charge in [-0.2, -0.15) is 0 Å². The average Bonchev–Trinajstić information content (AvgIpc) is 2.58. The Morgan fingerprint density at radius 2 is 2.12 bits per heavy atom. The molecule has 1 fully saturated rings. The summed E-state index contributed by atoms with van der Waals surface area (Å²) in [6, 6.07) is 1.96. The third-order valence-electron chi connectivity index (χ3n) is 2.29. The first-order valence-corrected chi connectivity index (χ1v) is 5.54. The van der Waals surface area contributed by atoms with Crippen LogP contribution in [0, 0.1) is 19.3 Å². The molecule has 1 aliphatic heterocycles. The minimum absolute atomic E-state index is 0.0654. The predicted octanol–water partition coefficient (Wildman–Crippen LogP) is 1.47. The number of hydrogen-bond donors (Lipinski definition) is 1. The van der Waals surface area contributed by atoms with Gasteiger partial charge < -0.3 is 4.74 Å². The summed E-state index contributed by atoms with van der Waals surface area (Å²) in [6.45, 7) is 4.33. The van der Waals surface area contributed by atoms with Crippen molar-refractivity contribution in [3.05, 3.63) is 17.5 Å². The van der Waals surface area contributed by atoms with Crippen molar-refractivity contribution in [3.8, 4) is 0 Å². The zero-order chi connectivity index (χ0) is 11.7. The lowest BCUT2D eigenvalue weighted by Crippen LogP contribution is -2.27. The Labute approximate surface area is 98.9 Å². The second-order valence-corrected chi connectivity index (χ2v) is 4.07. The molecule has 1 atom stereocenters. The summed E-state index contributed by atoms with van der Waals surface area (Å²) >= 11 is 5.70. The monoisotopic (exact) mass is 240 g/mol. The molecule has 5 nitrogen and oxygen atoms in total. The molecule has 0 bridgehead atoms. The highest BCUT2D eigenvalue weighted by atomic mass is 35.5. The van der Waals surface area contributed by atoms with Crippen molar-refractivity contribution in [2.24, 2.45) is 0 Å². The summed E-state index contributed by atoms with van der Waals surface area (Å²) in [5.74, 6) is 0.874. The second kappa shape index (κ2) is 4.25. The molecule has 16 heavy (non-hydrogen) atoms. The molecule has 2 rings (SSSR count). The summed E-state index contributed by atoms with van der Waals surface area (Å²) in [6.07, 6.45) is -0.154. The lowest BCUT2D eigenvalue weighted by Gasteiger charge is -2.13. The van der Waals surface area contributed by atoms with Gasteiger partial charge in [0.15, 0.2) is 0 Å². The summed E-state index contributed by atoms with van der Waals surface area (Å²) in [4.78, 5) is 10.2. The number of ether oxygens (including phenoxy) is 1. The molecule has 1 saturated heterocycles. The van der Waals surface area contributed by atoms with Gasteiger partial charge in [-0.1, -0.05) is 0 Å². The van der Waals surface area contributed by atoms with Crippen LogP contribution in [-0.2, 0) is 4.74 Å². The fourth-order valence-corrected chi connectivity index (χ4v) is 1.79. The first-order chi connectivity index (χ1) is 7.60. The van der Waals surface area contributed by atoms with Gasteiger partial charge >= 0.3 is 0 Å². The summed E-state index contributed by atoms with van der Waals surface area (Å²) in [5, 5.41) is 7.68. The average molecular weight is 241 g/mol. The van der Waals surface area contributed by atoms with Crippen LogP contribution in [0.5, 0.6) is 0 Å². The van der Waals surface area contributed by atoms with Crippen LogP contribution in [0.4, 0.5) is 5.95 Å². The maximum absolute atomic E-state index is 7.68. The molecule has 0 unspecified atom stereocenters. The quantitative estimate of drug-likeness (QED) is 0.796. The third kappa shape index (κ3) is 2.09. The second-order valence-electron chi connectivity index (χ2n) is 3.76. The molecule has 1 aromatic rings. The van der Waals surface area contributed by atoms with Crippen LogP contribution in [0.25, 0.3) is 0 Å². The van der Waals surface area contributed by atoms with Crippen LogP contribution in [0.3, 0.4) is 0 Å². The lowest BCUT2D eigenvalue weighted by atomic mass is 10.3. The number of nitrogens with one attached hydrogen (secondary N) is 1. The van der Waals surface area contributed by atoms with Crippen LogP contribution in [0.2, 0.25) is 0 Å². The Kier molecular flexibility index (Phi) is 2.96. The van der Waals surface area contributed by atoms with Crippen molar-refractivity contribution in [1.29, 1.82) is 5.41 Å². The molecule has 0 spiro atoms. The van der Waals surface area contributed by atoms with Crippen molar-refractivity contribution in [2.75, 3.05) is 17.3 Å². The van der Waals surface area contributed by atoms with E-state index in [4.69, 9.17) is 21.7 Å². The zero-order valence-corrected chi connectivity index (χ0v) is 9.95. The van der Waals surface area contributed by atoms with Crippen LogP contribution in [0.1, 0.15) is 11.4 Å². The number of anilines is 1. The molecule has 0 radical (unpaired) electrons. The highest BCUT2D eigenvalue weighted by Crippen LogP contribution is 2.18. The minimum atomic E-state index is -0.154. The number of aryl methyl sites for hydroxylation is 2. The van der Waals surface area contributed by atoms with Crippen LogP contribution in [0.15, 0.2) is 6.07 Å². The molecular weight excluding hydrogens is 228 g/mol. The van der Waals surface area contributed by atoms with Gasteiger partial charge in [-0.25, -0.2) is 9.97 Å². The lowest BCUT2D eigenvalue weighted by molar-refractivity contribution is 0.253. The predicted molar refractivity (Wildman–Crippen MR) is 62.2 cm³/mol. The molecule has 0 aliphatic carbocycles. The highest BCUT2D eigenvalue weighted by molar-refractivity contribution is 6.18. The van der Waals surface area contributed by atoms with E-state index in [2.05, 4.69) is 9.97 Å². The first-order valence-electron chi connectivity index (χ1n) is 5.01. The molecule has 0 saturated carbocycles. The Morgan fingerprint density at radius 1 is 1.50 bits per heavy atom. The Balaban J connectivity index is 2.27. The topological polar surface area (TPSA) is 62.1 Å². The molecule has 2 heterocycles. The third-order valence-corrected chi connectivity index (χ3v) is 2.64. The summed E-state index contributed by atoms with van der Waals surface area (Å²) < 4.78 is 5.25. The van der Waals surface area contributed by atoms with Gasteiger partial charge in [-0.3, -0.25) is 10.3 Å². The largest absolute Gasteiger partial charge is 0.459 e. The first kappa shape index (κ1) is 11.1. The number of alkyl halides is 1. The fourth-order valence-electron chi connectivity index (χ4n) is 1.63. The number of halogens is 1. The van der Waals surface area contributed by atoms with Gasteiger partial charge in [0.2, 0.25) is 5.95 Å². The van der Waals surface area contributed by atoms with E-state index >= 15 is 0 Å². The summed E-state index contributed by atoms with van der Waals surface area (Å²) in [7, 11) is 0. The van der Waals surface area contributed by atoms with Gasteiger partial charge in [0.25, 0.3) is 6.02 Å². The summed E-state index contributed by atoms with van der Waals surface area (Å²) in [5.41, 5.74) is 1.76. The van der Waals surface area contributed by atoms with E-state index in [1.54, 1.807) is 4.90 Å².